The topological polar surface area (TPSA) is 39.7 Å². The number of halogens is 1. The molecule has 1 heterocycles. The molecule has 5 heteroatoms. The van der Waals surface area contributed by atoms with Crippen LogP contribution in [0.5, 0.6) is 5.75 Å². The number of nitrogens with one attached hydrogen (secondary N) is 1. The molecule has 1 aromatic rings. The van der Waals surface area contributed by atoms with Gasteiger partial charge in [0.1, 0.15) is 5.75 Å². The molecule has 0 aliphatic carbocycles. The van der Waals surface area contributed by atoms with E-state index < -0.39 is 0 Å². The second-order valence-electron chi connectivity index (χ2n) is 4.76. The average Bonchev–Trinajstić information content (AvgIpc) is 2.66. The van der Waals surface area contributed by atoms with Crippen molar-refractivity contribution in [2.24, 2.45) is 0 Å². The first-order valence-electron chi connectivity index (χ1n) is 7.04. The van der Waals surface area contributed by atoms with Crippen LogP contribution in [0, 0.1) is 0 Å². The van der Waals surface area contributed by atoms with Gasteiger partial charge in [0.05, 0.1) is 30.9 Å². The van der Waals surface area contributed by atoms with E-state index in [1.54, 1.807) is 7.11 Å². The molecule has 0 bridgehead atoms. The summed E-state index contributed by atoms with van der Waals surface area (Å²) in [7, 11) is 1.68. The fourth-order valence-electron chi connectivity index (χ4n) is 2.33. The Labute approximate surface area is 128 Å². The number of para-hydroxylation sites is 1. The van der Waals surface area contributed by atoms with Gasteiger partial charge in [-0.2, -0.15) is 0 Å². The maximum atomic E-state index is 5.83. The maximum Gasteiger partial charge on any atom is 0.138 e. The third-order valence-electron chi connectivity index (χ3n) is 3.33. The molecule has 0 unspecified atom stereocenters. The summed E-state index contributed by atoms with van der Waals surface area (Å²) in [6, 6.07) is 6.54. The Balaban J connectivity index is 1.87. The Morgan fingerprint density at radius 2 is 2.25 bits per heavy atom. The van der Waals surface area contributed by atoms with Crippen LogP contribution in [0.1, 0.15) is 24.4 Å². The van der Waals surface area contributed by atoms with Gasteiger partial charge in [0.25, 0.3) is 0 Å². The number of hydrogen-bond donors (Lipinski definition) is 1. The first-order chi connectivity index (χ1) is 9.83. The van der Waals surface area contributed by atoms with Crippen molar-refractivity contribution in [1.29, 1.82) is 0 Å². The lowest BCUT2D eigenvalue weighted by molar-refractivity contribution is 0.0709. The van der Waals surface area contributed by atoms with Gasteiger partial charge in [0.15, 0.2) is 0 Å². The number of hydrogen-bond acceptors (Lipinski definition) is 4. The van der Waals surface area contributed by atoms with E-state index in [1.807, 2.05) is 6.07 Å². The van der Waals surface area contributed by atoms with Crippen molar-refractivity contribution in [1.82, 2.24) is 5.32 Å². The largest absolute Gasteiger partial charge is 0.492 e. The summed E-state index contributed by atoms with van der Waals surface area (Å²) < 4.78 is 17.3. The van der Waals surface area contributed by atoms with E-state index in [1.165, 1.54) is 5.56 Å². The van der Waals surface area contributed by atoms with Gasteiger partial charge in [-0.25, -0.2) is 0 Å². The molecule has 1 atom stereocenters. The van der Waals surface area contributed by atoms with Crippen molar-refractivity contribution in [2.45, 2.75) is 18.9 Å². The molecule has 0 fully saturated rings. The Kier molecular flexibility index (Phi) is 6.79. The van der Waals surface area contributed by atoms with Crippen LogP contribution < -0.4 is 10.1 Å². The van der Waals surface area contributed by atoms with Gasteiger partial charge in [0, 0.05) is 25.3 Å². The standard InChI is InChI=1S/C15H22BrNO3/c1-18-10-11-19-9-7-17-14-6-3-8-20-15-12(14)4-2-5-13(15)16/h2,4-5,14,17H,3,6-11H2,1H3/t14-/m0/s1. The molecule has 0 spiro atoms. The van der Waals surface area contributed by atoms with Crippen LogP contribution in [0.25, 0.3) is 0 Å². The highest BCUT2D eigenvalue weighted by atomic mass is 79.9. The molecule has 0 amide bonds. The quantitative estimate of drug-likeness (QED) is 0.772. The van der Waals surface area contributed by atoms with E-state index in [0.717, 1.165) is 36.2 Å². The molecule has 0 saturated carbocycles. The third-order valence-corrected chi connectivity index (χ3v) is 3.95. The van der Waals surface area contributed by atoms with Gasteiger partial charge in [-0.15, -0.1) is 0 Å². The molecule has 1 N–H and O–H groups in total. The first kappa shape index (κ1) is 15.8. The van der Waals surface area contributed by atoms with Gasteiger partial charge in [0.2, 0.25) is 0 Å². The Hall–Kier alpha value is -0.620. The van der Waals surface area contributed by atoms with Crippen molar-refractivity contribution in [3.63, 3.8) is 0 Å². The predicted octanol–water partition coefficient (Wildman–Crippen LogP) is 2.92. The second-order valence-corrected chi connectivity index (χ2v) is 5.62. The Morgan fingerprint density at radius 1 is 1.35 bits per heavy atom. The Morgan fingerprint density at radius 3 is 3.10 bits per heavy atom. The molecule has 0 saturated heterocycles. The SMILES string of the molecule is COCCOCCN[C@H]1CCCOc2c(Br)cccc21. The number of benzene rings is 1. The fraction of sp³-hybridized carbons (Fsp3) is 0.600. The van der Waals surface area contributed by atoms with E-state index in [0.29, 0.717) is 25.9 Å². The van der Waals surface area contributed by atoms with Crippen LogP contribution in [0.4, 0.5) is 0 Å². The molecule has 0 radical (unpaired) electrons. The molecule has 2 rings (SSSR count). The highest BCUT2D eigenvalue weighted by molar-refractivity contribution is 9.10. The lowest BCUT2D eigenvalue weighted by atomic mass is 10.0. The lowest BCUT2D eigenvalue weighted by Gasteiger charge is -2.19. The van der Waals surface area contributed by atoms with Crippen molar-refractivity contribution in [3.8, 4) is 5.75 Å². The summed E-state index contributed by atoms with van der Waals surface area (Å²) in [5.74, 6) is 0.975. The average molecular weight is 344 g/mol. The third kappa shape index (κ3) is 4.45. The minimum absolute atomic E-state index is 0.330. The zero-order valence-corrected chi connectivity index (χ0v) is 13.4. The van der Waals surface area contributed by atoms with E-state index in [9.17, 15) is 0 Å². The smallest absolute Gasteiger partial charge is 0.138 e. The lowest BCUT2D eigenvalue weighted by Crippen LogP contribution is -2.25. The summed E-state index contributed by atoms with van der Waals surface area (Å²) >= 11 is 3.56. The maximum absolute atomic E-state index is 5.83. The zero-order chi connectivity index (χ0) is 14.2. The first-order valence-corrected chi connectivity index (χ1v) is 7.83. The second kappa shape index (κ2) is 8.62. The summed E-state index contributed by atoms with van der Waals surface area (Å²) in [6.45, 7) is 3.60. The van der Waals surface area contributed by atoms with E-state index in [2.05, 4.69) is 33.4 Å². The van der Waals surface area contributed by atoms with Gasteiger partial charge in [-0.3, -0.25) is 0 Å². The summed E-state index contributed by atoms with van der Waals surface area (Å²) in [5, 5.41) is 3.56. The fourth-order valence-corrected chi connectivity index (χ4v) is 2.83. The number of fused-ring (bicyclic) bond motifs is 1. The molecule has 1 aromatic carbocycles. The van der Waals surface area contributed by atoms with Crippen molar-refractivity contribution in [2.75, 3.05) is 40.1 Å². The summed E-state index contributed by atoms with van der Waals surface area (Å²) in [4.78, 5) is 0. The number of rotatable bonds is 7. The molecule has 1 aliphatic rings. The predicted molar refractivity (Wildman–Crippen MR) is 82.3 cm³/mol. The normalized spacial score (nSPS) is 18.2. The van der Waals surface area contributed by atoms with Crippen LogP contribution in [0.15, 0.2) is 22.7 Å². The van der Waals surface area contributed by atoms with Crippen LogP contribution in [0.3, 0.4) is 0 Å². The summed E-state index contributed by atoms with van der Waals surface area (Å²) in [6.07, 6.45) is 2.14. The van der Waals surface area contributed by atoms with Gasteiger partial charge in [-0.1, -0.05) is 12.1 Å². The van der Waals surface area contributed by atoms with Crippen molar-refractivity contribution >= 4 is 15.9 Å². The highest BCUT2D eigenvalue weighted by Crippen LogP contribution is 2.36. The van der Waals surface area contributed by atoms with Crippen LogP contribution in [-0.2, 0) is 9.47 Å². The molecule has 4 nitrogen and oxygen atoms in total. The molecule has 20 heavy (non-hydrogen) atoms. The van der Waals surface area contributed by atoms with Crippen molar-refractivity contribution in [3.05, 3.63) is 28.2 Å². The van der Waals surface area contributed by atoms with E-state index in [-0.39, 0.29) is 0 Å². The zero-order valence-electron chi connectivity index (χ0n) is 11.9. The molecule has 112 valence electrons. The highest BCUT2D eigenvalue weighted by Gasteiger charge is 2.20. The minimum Gasteiger partial charge on any atom is -0.492 e. The van der Waals surface area contributed by atoms with Gasteiger partial charge >= 0.3 is 0 Å². The number of ether oxygens (including phenoxy) is 3. The van der Waals surface area contributed by atoms with E-state index in [4.69, 9.17) is 14.2 Å². The number of methoxy groups -OCH3 is 1. The minimum atomic E-state index is 0.330. The monoisotopic (exact) mass is 343 g/mol. The van der Waals surface area contributed by atoms with Crippen LogP contribution >= 0.6 is 15.9 Å². The van der Waals surface area contributed by atoms with Crippen LogP contribution in [-0.4, -0.2) is 40.1 Å². The van der Waals surface area contributed by atoms with E-state index >= 15 is 0 Å². The van der Waals surface area contributed by atoms with Crippen LogP contribution in [0.2, 0.25) is 0 Å². The molecular weight excluding hydrogens is 322 g/mol. The summed E-state index contributed by atoms with van der Waals surface area (Å²) in [5.41, 5.74) is 1.23. The molecule has 1 aliphatic heterocycles. The van der Waals surface area contributed by atoms with Gasteiger partial charge < -0.3 is 19.5 Å². The molecular formula is C15H22BrNO3. The Bertz CT molecular complexity index is 414. The van der Waals surface area contributed by atoms with Gasteiger partial charge in [-0.05, 0) is 34.8 Å². The molecule has 0 aromatic heterocycles. The van der Waals surface area contributed by atoms with Crippen molar-refractivity contribution < 1.29 is 14.2 Å².